The average Bonchev–Trinajstić information content (AvgIpc) is 2.78. The molecule has 3 rings (SSSR count). The third kappa shape index (κ3) is 8.87. The predicted octanol–water partition coefficient (Wildman–Crippen LogP) is 4.12. The Morgan fingerprint density at radius 2 is 1.89 bits per heavy atom. The zero-order valence-electron chi connectivity index (χ0n) is 21.7. The van der Waals surface area contributed by atoms with Gasteiger partial charge in [-0.2, -0.15) is 0 Å². The number of carbonyl (C=O) groups is 3. The van der Waals surface area contributed by atoms with Crippen molar-refractivity contribution in [2.45, 2.75) is 96.3 Å². The second-order valence-electron chi connectivity index (χ2n) is 10.6. The van der Waals surface area contributed by atoms with Crippen molar-refractivity contribution < 1.29 is 29.0 Å². The highest BCUT2D eigenvalue weighted by Gasteiger charge is 2.36. The zero-order valence-corrected chi connectivity index (χ0v) is 21.7. The lowest BCUT2D eigenvalue weighted by Crippen LogP contribution is -2.57. The van der Waals surface area contributed by atoms with Crippen LogP contribution in [0, 0.1) is 0 Å². The number of aryl methyl sites for hydroxylation is 2. The van der Waals surface area contributed by atoms with Gasteiger partial charge in [-0.15, -0.1) is 0 Å². The van der Waals surface area contributed by atoms with Crippen LogP contribution < -0.4 is 10.6 Å². The topological polar surface area (TPSA) is 130 Å². The number of amides is 2. The van der Waals surface area contributed by atoms with Crippen LogP contribution in [-0.2, 0) is 27.1 Å². The van der Waals surface area contributed by atoms with Crippen molar-refractivity contribution in [3.63, 3.8) is 0 Å². The van der Waals surface area contributed by atoms with Crippen LogP contribution in [0.15, 0.2) is 12.1 Å². The third-order valence-corrected chi connectivity index (χ3v) is 6.24. The highest BCUT2D eigenvalue weighted by Crippen LogP contribution is 2.21. The van der Waals surface area contributed by atoms with Gasteiger partial charge in [-0.1, -0.05) is 31.7 Å². The van der Waals surface area contributed by atoms with Gasteiger partial charge < -0.3 is 30.1 Å². The van der Waals surface area contributed by atoms with Gasteiger partial charge in [-0.25, -0.2) is 19.4 Å². The van der Waals surface area contributed by atoms with Crippen LogP contribution in [0.1, 0.15) is 77.0 Å². The number of pyridine rings is 1. The number of aromatic nitrogens is 1. The molecule has 2 amide bonds. The largest absolute Gasteiger partial charge is 0.480 e. The third-order valence-electron chi connectivity index (χ3n) is 6.24. The van der Waals surface area contributed by atoms with Crippen molar-refractivity contribution in [1.29, 1.82) is 0 Å². The Kier molecular flexibility index (Phi) is 9.78. The Labute approximate surface area is 213 Å². The molecule has 36 heavy (non-hydrogen) atoms. The van der Waals surface area contributed by atoms with Gasteiger partial charge in [-0.3, -0.25) is 0 Å². The highest BCUT2D eigenvalue weighted by molar-refractivity contribution is 5.80. The maximum atomic E-state index is 12.1. The average molecular weight is 505 g/mol. The number of anilines is 1. The number of alkyl carbamates (subject to hydrolysis) is 1. The van der Waals surface area contributed by atoms with E-state index in [-0.39, 0.29) is 13.1 Å². The zero-order chi connectivity index (χ0) is 26.1. The van der Waals surface area contributed by atoms with E-state index >= 15 is 0 Å². The lowest BCUT2D eigenvalue weighted by Gasteiger charge is -2.38. The molecule has 0 spiro atoms. The summed E-state index contributed by atoms with van der Waals surface area (Å²) in [5.74, 6) is -0.0507. The number of nitrogens with one attached hydrogen (secondary N) is 2. The number of carbonyl (C=O) groups excluding carboxylic acids is 2. The van der Waals surface area contributed by atoms with Gasteiger partial charge in [0, 0.05) is 12.2 Å². The minimum Gasteiger partial charge on any atom is -0.480 e. The predicted molar refractivity (Wildman–Crippen MR) is 135 cm³/mol. The van der Waals surface area contributed by atoms with Crippen molar-refractivity contribution in [1.82, 2.24) is 15.2 Å². The summed E-state index contributed by atoms with van der Waals surface area (Å²) >= 11 is 0. The molecule has 1 aromatic heterocycles. The summed E-state index contributed by atoms with van der Waals surface area (Å²) in [5.41, 5.74) is 1.81. The lowest BCUT2D eigenvalue weighted by atomic mass is 10.0. The van der Waals surface area contributed by atoms with Gasteiger partial charge in [0.1, 0.15) is 23.6 Å². The molecule has 1 unspecified atom stereocenters. The molecule has 0 saturated carbocycles. The summed E-state index contributed by atoms with van der Waals surface area (Å²) in [4.78, 5) is 41.8. The molecule has 3 N–H and O–H groups in total. The molecule has 10 nitrogen and oxygen atoms in total. The Hall–Kier alpha value is -3.04. The van der Waals surface area contributed by atoms with E-state index in [0.29, 0.717) is 12.8 Å². The number of fused-ring (bicyclic) bond motifs is 1. The van der Waals surface area contributed by atoms with Gasteiger partial charge in [-0.05, 0) is 64.5 Å². The number of carboxylic acids is 1. The molecule has 0 aromatic carbocycles. The summed E-state index contributed by atoms with van der Waals surface area (Å²) in [6, 6.07) is 3.30. The molecule has 1 aromatic rings. The van der Waals surface area contributed by atoms with Crippen LogP contribution in [0.25, 0.3) is 0 Å². The smallest absolute Gasteiger partial charge is 0.410 e. The number of hydrogen-bond donors (Lipinski definition) is 3. The van der Waals surface area contributed by atoms with Crippen molar-refractivity contribution in [3.05, 3.63) is 23.4 Å². The summed E-state index contributed by atoms with van der Waals surface area (Å²) in [7, 11) is 0. The molecule has 1 saturated heterocycles. The lowest BCUT2D eigenvalue weighted by molar-refractivity contribution is -0.139. The van der Waals surface area contributed by atoms with E-state index in [0.717, 1.165) is 63.0 Å². The van der Waals surface area contributed by atoms with Crippen LogP contribution in [0.2, 0.25) is 0 Å². The van der Waals surface area contributed by atoms with Crippen molar-refractivity contribution in [2.24, 2.45) is 0 Å². The van der Waals surface area contributed by atoms with Gasteiger partial charge in [0.05, 0.1) is 13.1 Å². The fourth-order valence-corrected chi connectivity index (χ4v) is 4.27. The number of ether oxygens (including phenoxy) is 2. The summed E-state index contributed by atoms with van der Waals surface area (Å²) in [6.07, 6.45) is 6.52. The van der Waals surface area contributed by atoms with E-state index in [1.807, 2.05) is 0 Å². The number of carboxylic acid groups (broad SMARTS) is 1. The molecular formula is C26H40N4O6. The molecular weight excluding hydrogens is 464 g/mol. The molecule has 2 aliphatic heterocycles. The first-order valence-corrected chi connectivity index (χ1v) is 13.0. The van der Waals surface area contributed by atoms with Crippen molar-refractivity contribution in [3.8, 4) is 0 Å². The maximum absolute atomic E-state index is 12.1. The van der Waals surface area contributed by atoms with Crippen LogP contribution in [-0.4, -0.2) is 70.5 Å². The number of aliphatic carboxylic acids is 1. The molecule has 200 valence electrons. The Morgan fingerprint density at radius 1 is 1.17 bits per heavy atom. The minimum absolute atomic E-state index is 0.234. The fourth-order valence-electron chi connectivity index (χ4n) is 4.27. The fraction of sp³-hybridized carbons (Fsp3) is 0.692. The van der Waals surface area contributed by atoms with E-state index in [4.69, 9.17) is 14.5 Å². The van der Waals surface area contributed by atoms with Crippen molar-refractivity contribution in [2.75, 3.05) is 25.0 Å². The van der Waals surface area contributed by atoms with Crippen LogP contribution >= 0.6 is 0 Å². The highest BCUT2D eigenvalue weighted by atomic mass is 16.6. The standard InChI is InChI=1S/C26H40N4O6/c1-26(2,3)36-25(34)30-16-20(17-30)35-24(33)29-21(23(31)32)12-8-6-4-5-7-11-19-14-13-18-10-9-15-27-22(18)28-19/h13-14,20-21H,4-12,15-17H2,1-3H3,(H,27,28)(H,29,33)(H,31,32). The summed E-state index contributed by atoms with van der Waals surface area (Å²) in [6.45, 7) is 6.80. The number of hydrogen-bond acceptors (Lipinski definition) is 7. The minimum atomic E-state index is -1.08. The van der Waals surface area contributed by atoms with E-state index in [2.05, 4.69) is 22.8 Å². The molecule has 1 fully saturated rings. The second-order valence-corrected chi connectivity index (χ2v) is 10.6. The first-order chi connectivity index (χ1) is 17.1. The monoisotopic (exact) mass is 504 g/mol. The van der Waals surface area contributed by atoms with Gasteiger partial charge in [0.15, 0.2) is 0 Å². The summed E-state index contributed by atoms with van der Waals surface area (Å²) < 4.78 is 10.5. The summed E-state index contributed by atoms with van der Waals surface area (Å²) in [5, 5.41) is 15.3. The number of unbranched alkanes of at least 4 members (excludes halogenated alkanes) is 4. The molecule has 0 radical (unpaired) electrons. The molecule has 1 atom stereocenters. The normalized spacial score (nSPS) is 16.2. The second kappa shape index (κ2) is 12.8. The SMILES string of the molecule is CC(C)(C)OC(=O)N1CC(OC(=O)NC(CCCCCCCc2ccc3c(n2)NCCC3)C(=O)O)C1. The van der Waals surface area contributed by atoms with Crippen LogP contribution in [0.4, 0.5) is 15.4 Å². The maximum Gasteiger partial charge on any atom is 0.410 e. The van der Waals surface area contributed by atoms with Crippen LogP contribution in [0.3, 0.4) is 0 Å². The number of likely N-dealkylation sites (tertiary alicyclic amines) is 1. The first-order valence-electron chi connectivity index (χ1n) is 13.0. The van der Waals surface area contributed by atoms with E-state index in [1.165, 1.54) is 10.5 Å². The Morgan fingerprint density at radius 3 is 2.61 bits per heavy atom. The Balaban J connectivity index is 1.26. The molecule has 10 heteroatoms. The first kappa shape index (κ1) is 27.5. The number of rotatable bonds is 11. The van der Waals surface area contributed by atoms with E-state index in [9.17, 15) is 19.5 Å². The van der Waals surface area contributed by atoms with Crippen molar-refractivity contribution >= 4 is 24.0 Å². The molecule has 3 heterocycles. The molecule has 0 bridgehead atoms. The van der Waals surface area contributed by atoms with Gasteiger partial charge in [0.2, 0.25) is 0 Å². The molecule has 0 aliphatic carbocycles. The number of nitrogens with zero attached hydrogens (tertiary/aromatic N) is 2. The van der Waals surface area contributed by atoms with Gasteiger partial charge >= 0.3 is 18.2 Å². The van der Waals surface area contributed by atoms with E-state index < -0.39 is 35.9 Å². The molecule has 2 aliphatic rings. The Bertz CT molecular complexity index is 910. The van der Waals surface area contributed by atoms with Crippen LogP contribution in [0.5, 0.6) is 0 Å². The quantitative estimate of drug-likeness (QED) is 0.384. The van der Waals surface area contributed by atoms with Gasteiger partial charge in [0.25, 0.3) is 0 Å². The van der Waals surface area contributed by atoms with E-state index in [1.54, 1.807) is 20.8 Å².